The minimum Gasteiger partial charge on any atom is -0.420 e. The maximum absolute atomic E-state index is 12.5. The van der Waals surface area contributed by atoms with Gasteiger partial charge in [-0.25, -0.2) is 0 Å². The van der Waals surface area contributed by atoms with Crippen molar-refractivity contribution < 1.29 is 14.3 Å². The van der Waals surface area contributed by atoms with E-state index in [-0.39, 0.29) is 23.3 Å². The number of aromatic nitrogens is 2. The van der Waals surface area contributed by atoms with Crippen molar-refractivity contribution >= 4 is 11.9 Å². The molecule has 0 atom stereocenters. The molecule has 1 aromatic heterocycles. The first-order valence-corrected chi connectivity index (χ1v) is 7.06. The number of hydrogen-bond donors (Lipinski definition) is 0. The normalized spacial score (nSPS) is 14.3. The molecule has 0 aliphatic carbocycles. The van der Waals surface area contributed by atoms with Crippen LogP contribution in [0.3, 0.4) is 0 Å². The number of rotatable bonds is 4. The Morgan fingerprint density at radius 2 is 2.10 bits per heavy atom. The van der Waals surface area contributed by atoms with Crippen LogP contribution in [0.2, 0.25) is 0 Å². The van der Waals surface area contributed by atoms with Crippen LogP contribution in [0.1, 0.15) is 37.7 Å². The summed E-state index contributed by atoms with van der Waals surface area (Å²) in [5.41, 5.74) is -0.488. The van der Waals surface area contributed by atoms with Crippen LogP contribution < -0.4 is 10.2 Å². The van der Waals surface area contributed by atoms with Gasteiger partial charge >= 0.3 is 5.97 Å². The van der Waals surface area contributed by atoms with Gasteiger partial charge in [0.25, 0.3) is 5.91 Å². The van der Waals surface area contributed by atoms with Crippen LogP contribution in [0.4, 0.5) is 0 Å². The quantitative estimate of drug-likeness (QED) is 0.762. The first-order chi connectivity index (χ1) is 9.95. The third-order valence-corrected chi connectivity index (χ3v) is 3.25. The van der Waals surface area contributed by atoms with Crippen molar-refractivity contribution in [3.63, 3.8) is 0 Å². The first-order valence-electron chi connectivity index (χ1n) is 7.06. The molecular weight excluding hydrogens is 274 g/mol. The summed E-state index contributed by atoms with van der Waals surface area (Å²) in [6.45, 7) is 6.91. The lowest BCUT2D eigenvalue weighted by Gasteiger charge is -2.29. The molecule has 0 fully saturated rings. The van der Waals surface area contributed by atoms with Gasteiger partial charge < -0.3 is 9.64 Å². The van der Waals surface area contributed by atoms with E-state index in [2.05, 4.69) is 5.10 Å². The molecule has 21 heavy (non-hydrogen) atoms. The molecule has 0 aromatic carbocycles. The molecule has 0 bridgehead atoms. The van der Waals surface area contributed by atoms with Crippen LogP contribution in [0.5, 0.6) is 5.75 Å². The molecule has 1 aromatic rings. The molecule has 7 heteroatoms. The fourth-order valence-electron chi connectivity index (χ4n) is 2.12. The lowest BCUT2D eigenvalue weighted by molar-refractivity contribution is -0.137. The zero-order chi connectivity index (χ0) is 15.6. The van der Waals surface area contributed by atoms with Crippen LogP contribution in [-0.2, 0) is 11.3 Å². The van der Waals surface area contributed by atoms with Crippen molar-refractivity contribution in [1.82, 2.24) is 14.7 Å². The Balaban J connectivity index is 2.45. The second kappa shape index (κ2) is 6.07. The second-order valence-electron chi connectivity index (χ2n) is 5.28. The van der Waals surface area contributed by atoms with E-state index in [1.807, 2.05) is 6.92 Å². The van der Waals surface area contributed by atoms with Gasteiger partial charge in [0.2, 0.25) is 11.2 Å². The molecule has 0 spiro atoms. The monoisotopic (exact) mass is 293 g/mol. The maximum Gasteiger partial charge on any atom is 0.313 e. The van der Waals surface area contributed by atoms with Crippen LogP contribution in [-0.4, -0.2) is 39.6 Å². The highest BCUT2D eigenvalue weighted by atomic mass is 16.5. The smallest absolute Gasteiger partial charge is 0.313 e. The van der Waals surface area contributed by atoms with E-state index in [4.69, 9.17) is 4.74 Å². The largest absolute Gasteiger partial charge is 0.420 e. The Morgan fingerprint density at radius 1 is 1.38 bits per heavy atom. The zero-order valence-corrected chi connectivity index (χ0v) is 12.5. The molecule has 2 heterocycles. The molecule has 1 aliphatic heterocycles. The van der Waals surface area contributed by atoms with Crippen molar-refractivity contribution in [2.75, 3.05) is 13.1 Å². The highest BCUT2D eigenvalue weighted by molar-refractivity contribution is 5.96. The summed E-state index contributed by atoms with van der Waals surface area (Å²) < 4.78 is 6.57. The summed E-state index contributed by atoms with van der Waals surface area (Å²) in [7, 11) is 0. The molecule has 0 N–H and O–H groups in total. The predicted octanol–water partition coefficient (Wildman–Crippen LogP) is 0.670. The fraction of sp³-hybridized carbons (Fsp3) is 0.571. The number of hydrogen-bond acceptors (Lipinski definition) is 5. The van der Waals surface area contributed by atoms with Crippen LogP contribution in [0, 0.1) is 5.92 Å². The van der Waals surface area contributed by atoms with Gasteiger partial charge in [0.15, 0.2) is 5.69 Å². The molecule has 0 saturated heterocycles. The van der Waals surface area contributed by atoms with Crippen molar-refractivity contribution in [3.05, 3.63) is 22.1 Å². The number of fused-ring (bicyclic) bond motifs is 1. The van der Waals surface area contributed by atoms with Crippen LogP contribution in [0.15, 0.2) is 11.0 Å². The van der Waals surface area contributed by atoms with Crippen molar-refractivity contribution in [2.45, 2.75) is 33.7 Å². The summed E-state index contributed by atoms with van der Waals surface area (Å²) in [4.78, 5) is 37.8. The zero-order valence-electron chi connectivity index (χ0n) is 12.5. The van der Waals surface area contributed by atoms with Gasteiger partial charge in [-0.3, -0.25) is 19.1 Å². The molecule has 0 unspecified atom stereocenters. The van der Waals surface area contributed by atoms with E-state index < -0.39 is 11.4 Å². The number of esters is 1. The van der Waals surface area contributed by atoms with Crippen molar-refractivity contribution in [3.8, 4) is 5.75 Å². The minimum atomic E-state index is -0.554. The maximum atomic E-state index is 12.5. The van der Waals surface area contributed by atoms with Gasteiger partial charge in [-0.05, 0) is 6.42 Å². The van der Waals surface area contributed by atoms with E-state index in [0.29, 0.717) is 19.6 Å². The Hall–Kier alpha value is -2.18. The van der Waals surface area contributed by atoms with E-state index in [0.717, 1.165) is 12.6 Å². The van der Waals surface area contributed by atoms with Gasteiger partial charge in [0.05, 0.1) is 18.7 Å². The number of nitrogens with zero attached hydrogens (tertiary/aromatic N) is 3. The van der Waals surface area contributed by atoms with E-state index in [1.165, 1.54) is 4.68 Å². The summed E-state index contributed by atoms with van der Waals surface area (Å²) in [6.07, 6.45) is 1.90. The molecule has 0 radical (unpaired) electrons. The van der Waals surface area contributed by atoms with Gasteiger partial charge in [-0.15, -0.1) is 0 Å². The van der Waals surface area contributed by atoms with E-state index in [1.54, 1.807) is 18.7 Å². The molecule has 1 amide bonds. The van der Waals surface area contributed by atoms with Gasteiger partial charge in [0, 0.05) is 13.1 Å². The standard InChI is InChI=1S/C14H19N3O4/c1-4-5-16-6-7-17-11(13(16)19)12(10(18)8-15-17)21-14(20)9(2)3/h8-9H,4-7H2,1-3H3. The Bertz CT molecular complexity index is 621. The first kappa shape index (κ1) is 15.2. The lowest BCUT2D eigenvalue weighted by Crippen LogP contribution is -2.43. The summed E-state index contributed by atoms with van der Waals surface area (Å²) in [5.74, 6) is -1.46. The Morgan fingerprint density at radius 3 is 2.71 bits per heavy atom. The van der Waals surface area contributed by atoms with Gasteiger partial charge in [-0.1, -0.05) is 20.8 Å². The second-order valence-corrected chi connectivity index (χ2v) is 5.28. The van der Waals surface area contributed by atoms with Crippen LogP contribution >= 0.6 is 0 Å². The van der Waals surface area contributed by atoms with E-state index in [9.17, 15) is 14.4 Å². The Kier molecular flexibility index (Phi) is 4.40. The summed E-state index contributed by atoms with van der Waals surface area (Å²) in [6, 6.07) is 0. The molecule has 1 aliphatic rings. The number of carbonyl (C=O) groups excluding carboxylic acids is 2. The SMILES string of the molecule is CCCN1CCn2ncc(=O)c(OC(=O)C(C)C)c2C1=O. The molecule has 7 nitrogen and oxygen atoms in total. The number of ether oxygens (including phenoxy) is 1. The third kappa shape index (κ3) is 2.96. The molecule has 114 valence electrons. The number of amides is 1. The fourth-order valence-corrected chi connectivity index (χ4v) is 2.12. The van der Waals surface area contributed by atoms with Gasteiger partial charge in [0.1, 0.15) is 0 Å². The van der Waals surface area contributed by atoms with Crippen molar-refractivity contribution in [2.24, 2.45) is 5.92 Å². The summed E-state index contributed by atoms with van der Waals surface area (Å²) in [5, 5.41) is 3.94. The average Bonchev–Trinajstić information content (AvgIpc) is 2.44. The predicted molar refractivity (Wildman–Crippen MR) is 75.2 cm³/mol. The molecule has 0 saturated carbocycles. The van der Waals surface area contributed by atoms with Crippen LogP contribution in [0.25, 0.3) is 0 Å². The third-order valence-electron chi connectivity index (χ3n) is 3.25. The summed E-state index contributed by atoms with van der Waals surface area (Å²) >= 11 is 0. The average molecular weight is 293 g/mol. The minimum absolute atomic E-state index is 0.0659. The highest BCUT2D eigenvalue weighted by Gasteiger charge is 2.30. The Labute approximate surface area is 122 Å². The molecule has 2 rings (SSSR count). The van der Waals surface area contributed by atoms with E-state index >= 15 is 0 Å². The van der Waals surface area contributed by atoms with Crippen molar-refractivity contribution in [1.29, 1.82) is 0 Å². The lowest BCUT2D eigenvalue weighted by atomic mass is 10.2. The molecular formula is C14H19N3O4. The highest BCUT2D eigenvalue weighted by Crippen LogP contribution is 2.20. The number of carbonyl (C=O) groups is 2. The topological polar surface area (TPSA) is 81.5 Å². The van der Waals surface area contributed by atoms with Gasteiger partial charge in [-0.2, -0.15) is 5.10 Å².